The molecule has 1 rings (SSSR count). The van der Waals surface area contributed by atoms with Gasteiger partial charge in [0, 0.05) is 6.20 Å². The molecular formula is C8H11N5O4. The average molecular weight is 241 g/mol. The van der Waals surface area contributed by atoms with Crippen LogP contribution in [0.3, 0.4) is 0 Å². The van der Waals surface area contributed by atoms with Crippen LogP contribution < -0.4 is 10.6 Å². The molecule has 0 aliphatic rings. The summed E-state index contributed by atoms with van der Waals surface area (Å²) in [6.07, 6.45) is 2.93. The Kier molecular flexibility index (Phi) is 4.60. The van der Waals surface area contributed by atoms with E-state index in [9.17, 15) is 14.4 Å². The highest BCUT2D eigenvalue weighted by molar-refractivity contribution is 5.86. The molecule has 0 fully saturated rings. The lowest BCUT2D eigenvalue weighted by molar-refractivity contribution is -0.137. The van der Waals surface area contributed by atoms with Gasteiger partial charge in [-0.05, 0) is 0 Å². The van der Waals surface area contributed by atoms with E-state index in [0.29, 0.717) is 0 Å². The monoisotopic (exact) mass is 241 g/mol. The summed E-state index contributed by atoms with van der Waals surface area (Å²) in [5, 5.41) is 19.8. The largest absolute Gasteiger partial charge is 0.480 e. The lowest BCUT2D eigenvalue weighted by atomic mass is 10.5. The zero-order valence-electron chi connectivity index (χ0n) is 8.79. The molecule has 0 spiro atoms. The summed E-state index contributed by atoms with van der Waals surface area (Å²) < 4.78 is 1.30. The number of carboxylic acids is 1. The van der Waals surface area contributed by atoms with Gasteiger partial charge >= 0.3 is 5.97 Å². The minimum Gasteiger partial charge on any atom is -0.480 e. The number of carboxylic acid groups (broad SMARTS) is 1. The number of carbonyl (C=O) groups is 3. The summed E-state index contributed by atoms with van der Waals surface area (Å²) in [5.41, 5.74) is 0. The second-order valence-electron chi connectivity index (χ2n) is 3.05. The molecule has 2 amide bonds. The fraction of sp³-hybridized carbons (Fsp3) is 0.375. The van der Waals surface area contributed by atoms with Crippen molar-refractivity contribution >= 4 is 17.8 Å². The third-order valence-corrected chi connectivity index (χ3v) is 1.66. The van der Waals surface area contributed by atoms with Gasteiger partial charge in [0.25, 0.3) is 0 Å². The number of nitrogens with one attached hydrogen (secondary N) is 2. The van der Waals surface area contributed by atoms with Crippen molar-refractivity contribution in [3.63, 3.8) is 0 Å². The van der Waals surface area contributed by atoms with Crippen molar-refractivity contribution in [3.8, 4) is 0 Å². The van der Waals surface area contributed by atoms with E-state index in [4.69, 9.17) is 5.11 Å². The fourth-order valence-corrected chi connectivity index (χ4v) is 0.936. The van der Waals surface area contributed by atoms with Gasteiger partial charge in [0.2, 0.25) is 11.8 Å². The van der Waals surface area contributed by atoms with Crippen molar-refractivity contribution in [1.29, 1.82) is 0 Å². The number of rotatable bonds is 6. The molecule has 3 N–H and O–H groups in total. The lowest BCUT2D eigenvalue weighted by Crippen LogP contribution is -2.40. The van der Waals surface area contributed by atoms with E-state index in [1.165, 1.54) is 17.1 Å². The van der Waals surface area contributed by atoms with Crippen molar-refractivity contribution < 1.29 is 19.5 Å². The molecule has 0 saturated carbocycles. The highest BCUT2D eigenvalue weighted by Crippen LogP contribution is 1.80. The van der Waals surface area contributed by atoms with Crippen molar-refractivity contribution in [2.45, 2.75) is 6.54 Å². The molecule has 0 saturated heterocycles. The molecule has 17 heavy (non-hydrogen) atoms. The van der Waals surface area contributed by atoms with E-state index < -0.39 is 24.3 Å². The Morgan fingerprint density at radius 2 is 1.88 bits per heavy atom. The van der Waals surface area contributed by atoms with Gasteiger partial charge < -0.3 is 15.7 Å². The molecule has 9 nitrogen and oxygen atoms in total. The van der Waals surface area contributed by atoms with Crippen LogP contribution in [0.1, 0.15) is 0 Å². The molecule has 0 bridgehead atoms. The number of hydrogen-bond donors (Lipinski definition) is 3. The Bertz CT molecular complexity index is 402. The van der Waals surface area contributed by atoms with Gasteiger partial charge in [-0.1, -0.05) is 5.21 Å². The van der Waals surface area contributed by atoms with Crippen molar-refractivity contribution in [2.24, 2.45) is 0 Å². The standard InChI is InChI=1S/C8H11N5O4/c14-6(10-4-8(16)17)3-9-7(15)5-13-2-1-11-12-13/h1-2H,3-5H2,(H,9,15)(H,10,14)(H,16,17). The SMILES string of the molecule is O=C(O)CNC(=O)CNC(=O)Cn1ccnn1. The maximum absolute atomic E-state index is 11.3. The van der Waals surface area contributed by atoms with Crippen molar-refractivity contribution in [2.75, 3.05) is 13.1 Å². The summed E-state index contributed by atoms with van der Waals surface area (Å²) >= 11 is 0. The Hall–Kier alpha value is -2.45. The van der Waals surface area contributed by atoms with E-state index in [0.717, 1.165) is 0 Å². The van der Waals surface area contributed by atoms with Crippen LogP contribution in [0.2, 0.25) is 0 Å². The first-order valence-corrected chi connectivity index (χ1v) is 4.67. The minimum absolute atomic E-state index is 0.0494. The van der Waals surface area contributed by atoms with E-state index in [-0.39, 0.29) is 13.1 Å². The number of aliphatic carboxylic acids is 1. The average Bonchev–Trinajstić information content (AvgIpc) is 2.76. The fourth-order valence-electron chi connectivity index (χ4n) is 0.936. The summed E-state index contributed by atoms with van der Waals surface area (Å²) in [4.78, 5) is 32.4. The molecule has 0 atom stereocenters. The highest BCUT2D eigenvalue weighted by atomic mass is 16.4. The molecule has 1 aromatic heterocycles. The molecule has 9 heteroatoms. The first kappa shape index (κ1) is 12.6. The lowest BCUT2D eigenvalue weighted by Gasteiger charge is -2.04. The molecule has 1 aromatic rings. The summed E-state index contributed by atoms with van der Waals surface area (Å²) in [6, 6.07) is 0. The number of carbonyl (C=O) groups excluding carboxylic acids is 2. The predicted molar refractivity (Wildman–Crippen MR) is 53.7 cm³/mol. The predicted octanol–water partition coefficient (Wildman–Crippen LogP) is -2.40. The molecule has 0 aromatic carbocycles. The summed E-state index contributed by atoms with van der Waals surface area (Å²) in [7, 11) is 0. The van der Waals surface area contributed by atoms with Gasteiger partial charge in [-0.3, -0.25) is 14.4 Å². The Labute approximate surface area is 95.8 Å². The van der Waals surface area contributed by atoms with Crippen LogP contribution in [0.25, 0.3) is 0 Å². The van der Waals surface area contributed by atoms with Gasteiger partial charge in [0.05, 0.1) is 12.7 Å². The first-order valence-electron chi connectivity index (χ1n) is 4.67. The van der Waals surface area contributed by atoms with Crippen LogP contribution >= 0.6 is 0 Å². The quantitative estimate of drug-likeness (QED) is 0.509. The number of hydrogen-bond acceptors (Lipinski definition) is 5. The zero-order chi connectivity index (χ0) is 12.7. The van der Waals surface area contributed by atoms with Gasteiger partial charge in [-0.2, -0.15) is 0 Å². The van der Waals surface area contributed by atoms with Gasteiger partial charge in [0.15, 0.2) is 0 Å². The summed E-state index contributed by atoms with van der Waals surface area (Å²) in [6.45, 7) is -0.801. The van der Waals surface area contributed by atoms with E-state index in [1.54, 1.807) is 0 Å². The van der Waals surface area contributed by atoms with Crippen LogP contribution in [-0.4, -0.2) is 51.0 Å². The van der Waals surface area contributed by atoms with Crippen LogP contribution in [0.5, 0.6) is 0 Å². The molecular weight excluding hydrogens is 230 g/mol. The summed E-state index contributed by atoms with van der Waals surface area (Å²) in [5.74, 6) is -2.13. The van der Waals surface area contributed by atoms with Gasteiger partial charge in [-0.15, -0.1) is 5.10 Å². The smallest absolute Gasteiger partial charge is 0.322 e. The molecule has 0 radical (unpaired) electrons. The van der Waals surface area contributed by atoms with Crippen LogP contribution in [0.4, 0.5) is 0 Å². The van der Waals surface area contributed by atoms with E-state index in [1.807, 2.05) is 0 Å². The number of aromatic nitrogens is 3. The second kappa shape index (κ2) is 6.20. The zero-order valence-corrected chi connectivity index (χ0v) is 8.79. The van der Waals surface area contributed by atoms with Crippen LogP contribution in [-0.2, 0) is 20.9 Å². The Balaban J connectivity index is 2.19. The maximum atomic E-state index is 11.3. The molecule has 0 unspecified atom stereocenters. The normalized spacial score (nSPS) is 9.65. The molecule has 0 aliphatic heterocycles. The maximum Gasteiger partial charge on any atom is 0.322 e. The third kappa shape index (κ3) is 5.25. The minimum atomic E-state index is -1.15. The van der Waals surface area contributed by atoms with Crippen molar-refractivity contribution in [1.82, 2.24) is 25.6 Å². The Morgan fingerprint density at radius 3 is 2.47 bits per heavy atom. The van der Waals surface area contributed by atoms with E-state index >= 15 is 0 Å². The molecule has 1 heterocycles. The topological polar surface area (TPSA) is 126 Å². The van der Waals surface area contributed by atoms with Crippen LogP contribution in [0.15, 0.2) is 12.4 Å². The van der Waals surface area contributed by atoms with Gasteiger partial charge in [0.1, 0.15) is 13.1 Å². The number of amides is 2. The third-order valence-electron chi connectivity index (χ3n) is 1.66. The Morgan fingerprint density at radius 1 is 1.18 bits per heavy atom. The van der Waals surface area contributed by atoms with Gasteiger partial charge in [-0.25, -0.2) is 4.68 Å². The first-order chi connectivity index (χ1) is 8.08. The second-order valence-corrected chi connectivity index (χ2v) is 3.05. The van der Waals surface area contributed by atoms with Crippen LogP contribution in [0, 0.1) is 0 Å². The highest BCUT2D eigenvalue weighted by Gasteiger charge is 2.07. The molecule has 92 valence electrons. The molecule has 0 aliphatic carbocycles. The van der Waals surface area contributed by atoms with E-state index in [2.05, 4.69) is 20.9 Å². The number of nitrogens with zero attached hydrogens (tertiary/aromatic N) is 3. The van der Waals surface area contributed by atoms with Crippen molar-refractivity contribution in [3.05, 3.63) is 12.4 Å².